The van der Waals surface area contributed by atoms with E-state index >= 15 is 0 Å². The van der Waals surface area contributed by atoms with E-state index in [-0.39, 0.29) is 11.9 Å². The number of carbonyl (C=O) groups is 1. The van der Waals surface area contributed by atoms with Gasteiger partial charge in [-0.05, 0) is 53.1 Å². The van der Waals surface area contributed by atoms with Gasteiger partial charge < -0.3 is 4.74 Å². The van der Waals surface area contributed by atoms with Crippen molar-refractivity contribution in [1.82, 2.24) is 0 Å². The van der Waals surface area contributed by atoms with Crippen LogP contribution in [0.15, 0.2) is 24.3 Å². The Labute approximate surface area is 127 Å². The van der Waals surface area contributed by atoms with Crippen LogP contribution in [0.3, 0.4) is 0 Å². The third kappa shape index (κ3) is 5.14. The highest BCUT2D eigenvalue weighted by atomic mass is 127. The van der Waals surface area contributed by atoms with Gasteiger partial charge in [0.2, 0.25) is 0 Å². The van der Waals surface area contributed by atoms with E-state index in [1.54, 1.807) is 0 Å². The molecule has 0 saturated heterocycles. The summed E-state index contributed by atoms with van der Waals surface area (Å²) in [6, 6.07) is 8.03. The molecule has 1 unspecified atom stereocenters. The van der Waals surface area contributed by atoms with Crippen molar-refractivity contribution in [2.24, 2.45) is 0 Å². The van der Waals surface area contributed by atoms with Gasteiger partial charge in [0.15, 0.2) is 0 Å². The molecule has 1 atom stereocenters. The van der Waals surface area contributed by atoms with E-state index in [1.807, 2.05) is 24.3 Å². The Morgan fingerprint density at radius 3 is 2.78 bits per heavy atom. The van der Waals surface area contributed by atoms with E-state index < -0.39 is 0 Å². The van der Waals surface area contributed by atoms with Crippen LogP contribution < -0.4 is 0 Å². The summed E-state index contributed by atoms with van der Waals surface area (Å²) in [5.41, 5.74) is 1.04. The third-order valence-electron chi connectivity index (χ3n) is 2.86. The lowest BCUT2D eigenvalue weighted by molar-refractivity contribution is -0.142. The number of ether oxygens (including phenoxy) is 1. The van der Waals surface area contributed by atoms with E-state index in [0.29, 0.717) is 5.88 Å². The Morgan fingerprint density at radius 2 is 2.17 bits per heavy atom. The molecule has 2 nitrogen and oxygen atoms in total. The quantitative estimate of drug-likeness (QED) is 0.304. The van der Waals surface area contributed by atoms with Crippen molar-refractivity contribution in [1.29, 1.82) is 0 Å². The Bertz CT molecular complexity index is 382. The average molecular weight is 381 g/mol. The molecule has 1 aromatic rings. The van der Waals surface area contributed by atoms with E-state index in [9.17, 15) is 4.79 Å². The van der Waals surface area contributed by atoms with E-state index in [0.717, 1.165) is 34.8 Å². The lowest BCUT2D eigenvalue weighted by Crippen LogP contribution is -2.14. The number of methoxy groups -OCH3 is 1. The molecule has 0 aromatic heterocycles. The second-order valence-corrected chi connectivity index (χ2v) is 5.79. The van der Waals surface area contributed by atoms with Gasteiger partial charge in [-0.15, -0.1) is 11.6 Å². The molecule has 0 heterocycles. The molecule has 1 rings (SSSR count). The van der Waals surface area contributed by atoms with Crippen molar-refractivity contribution < 1.29 is 9.53 Å². The second kappa shape index (κ2) is 8.75. The Hall–Kier alpha value is -0.290. The minimum atomic E-state index is -0.153. The lowest BCUT2D eigenvalue weighted by Gasteiger charge is -2.15. The predicted molar refractivity (Wildman–Crippen MR) is 83.1 cm³/mol. The lowest BCUT2D eigenvalue weighted by atomic mass is 9.93. The molecule has 0 amide bonds. The van der Waals surface area contributed by atoms with Gasteiger partial charge in [-0.2, -0.15) is 0 Å². The first-order chi connectivity index (χ1) is 8.69. The summed E-state index contributed by atoms with van der Waals surface area (Å²) in [6.45, 7) is 0. The van der Waals surface area contributed by atoms with Crippen LogP contribution >= 0.6 is 34.2 Å². The van der Waals surface area contributed by atoms with Gasteiger partial charge in [-0.1, -0.05) is 25.0 Å². The normalized spacial score (nSPS) is 12.2. The standard InChI is InChI=1S/C14H18ClIO2/c1-18-14(17)13(8-3-2-4-9-15)11-6-5-7-12(16)10-11/h5-7,10,13H,2-4,8-9H2,1H3. The summed E-state index contributed by atoms with van der Waals surface area (Å²) in [5.74, 6) is 0.384. The smallest absolute Gasteiger partial charge is 0.313 e. The topological polar surface area (TPSA) is 26.3 Å². The van der Waals surface area contributed by atoms with Crippen molar-refractivity contribution in [3.05, 3.63) is 33.4 Å². The first-order valence-corrected chi connectivity index (χ1v) is 7.69. The Balaban J connectivity index is 2.69. The summed E-state index contributed by atoms with van der Waals surface area (Å²) in [4.78, 5) is 11.8. The average Bonchev–Trinajstić information content (AvgIpc) is 2.38. The highest BCUT2D eigenvalue weighted by molar-refractivity contribution is 14.1. The maximum absolute atomic E-state index is 11.8. The number of benzene rings is 1. The van der Waals surface area contributed by atoms with Crippen molar-refractivity contribution in [3.8, 4) is 0 Å². The fourth-order valence-electron chi connectivity index (χ4n) is 1.91. The zero-order chi connectivity index (χ0) is 13.4. The molecule has 0 saturated carbocycles. The summed E-state index contributed by atoms with van der Waals surface area (Å²) >= 11 is 7.91. The fourth-order valence-corrected chi connectivity index (χ4v) is 2.66. The van der Waals surface area contributed by atoms with Gasteiger partial charge in [0, 0.05) is 9.45 Å². The molecule has 0 aliphatic rings. The molecule has 18 heavy (non-hydrogen) atoms. The number of hydrogen-bond acceptors (Lipinski definition) is 2. The molecule has 0 radical (unpaired) electrons. The van der Waals surface area contributed by atoms with Gasteiger partial charge >= 0.3 is 5.97 Å². The first kappa shape index (κ1) is 15.8. The summed E-state index contributed by atoms with van der Waals surface area (Å²) < 4.78 is 6.03. The minimum absolute atomic E-state index is 0.150. The van der Waals surface area contributed by atoms with E-state index in [2.05, 4.69) is 22.6 Å². The van der Waals surface area contributed by atoms with Crippen LogP contribution in [0.1, 0.15) is 37.2 Å². The molecule has 100 valence electrons. The van der Waals surface area contributed by atoms with Crippen LogP contribution in [0.5, 0.6) is 0 Å². The largest absolute Gasteiger partial charge is 0.469 e. The van der Waals surface area contributed by atoms with Crippen LogP contribution in [0.4, 0.5) is 0 Å². The van der Waals surface area contributed by atoms with Gasteiger partial charge in [-0.3, -0.25) is 4.79 Å². The third-order valence-corrected chi connectivity index (χ3v) is 3.80. The Morgan fingerprint density at radius 1 is 1.39 bits per heavy atom. The highest BCUT2D eigenvalue weighted by Gasteiger charge is 2.20. The number of halogens is 2. The highest BCUT2D eigenvalue weighted by Crippen LogP contribution is 2.25. The van der Waals surface area contributed by atoms with Crippen LogP contribution in [0.2, 0.25) is 0 Å². The maximum Gasteiger partial charge on any atom is 0.313 e. The minimum Gasteiger partial charge on any atom is -0.469 e. The van der Waals surface area contributed by atoms with Gasteiger partial charge in [0.1, 0.15) is 0 Å². The molecule has 1 aromatic carbocycles. The van der Waals surface area contributed by atoms with Crippen LogP contribution in [-0.4, -0.2) is 19.0 Å². The van der Waals surface area contributed by atoms with Crippen LogP contribution in [-0.2, 0) is 9.53 Å². The number of esters is 1. The molecule has 0 aliphatic heterocycles. The van der Waals surface area contributed by atoms with Crippen molar-refractivity contribution >= 4 is 40.2 Å². The Kier molecular flexibility index (Phi) is 7.66. The number of unbranched alkanes of at least 4 members (excludes halogenated alkanes) is 2. The van der Waals surface area contributed by atoms with E-state index in [1.165, 1.54) is 7.11 Å². The SMILES string of the molecule is COC(=O)C(CCCCCCl)c1cccc(I)c1. The molecular formula is C14H18ClIO2. The first-order valence-electron chi connectivity index (χ1n) is 6.08. The predicted octanol–water partition coefficient (Wildman–Crippen LogP) is 4.35. The zero-order valence-electron chi connectivity index (χ0n) is 10.5. The zero-order valence-corrected chi connectivity index (χ0v) is 13.4. The molecule has 4 heteroatoms. The molecule has 0 spiro atoms. The van der Waals surface area contributed by atoms with Crippen molar-refractivity contribution in [2.45, 2.75) is 31.6 Å². The summed E-state index contributed by atoms with van der Waals surface area (Å²) in [7, 11) is 1.45. The van der Waals surface area contributed by atoms with Crippen LogP contribution in [0, 0.1) is 3.57 Å². The van der Waals surface area contributed by atoms with Crippen molar-refractivity contribution in [3.63, 3.8) is 0 Å². The molecule has 0 fully saturated rings. The molecule has 0 aliphatic carbocycles. The van der Waals surface area contributed by atoms with Gasteiger partial charge in [0.25, 0.3) is 0 Å². The van der Waals surface area contributed by atoms with Gasteiger partial charge in [-0.25, -0.2) is 0 Å². The van der Waals surface area contributed by atoms with E-state index in [4.69, 9.17) is 16.3 Å². The second-order valence-electron chi connectivity index (χ2n) is 4.17. The fraction of sp³-hybridized carbons (Fsp3) is 0.500. The van der Waals surface area contributed by atoms with Crippen molar-refractivity contribution in [2.75, 3.05) is 13.0 Å². The maximum atomic E-state index is 11.8. The van der Waals surface area contributed by atoms with Crippen LogP contribution in [0.25, 0.3) is 0 Å². The summed E-state index contributed by atoms with van der Waals surface area (Å²) in [6.07, 6.45) is 3.88. The number of rotatable bonds is 7. The molecule has 0 N–H and O–H groups in total. The molecule has 0 bridgehead atoms. The summed E-state index contributed by atoms with van der Waals surface area (Å²) in [5, 5.41) is 0. The number of hydrogen-bond donors (Lipinski definition) is 0. The number of carbonyl (C=O) groups excluding carboxylic acids is 1. The van der Waals surface area contributed by atoms with Gasteiger partial charge in [0.05, 0.1) is 13.0 Å². The number of alkyl halides is 1. The molecular weight excluding hydrogens is 363 g/mol. The monoisotopic (exact) mass is 380 g/mol.